The van der Waals surface area contributed by atoms with Gasteiger partial charge in [0.05, 0.1) is 25.9 Å². The number of carbonyl (C=O) groups excluding carboxylic acids is 2. The molecule has 0 bridgehead atoms. The summed E-state index contributed by atoms with van der Waals surface area (Å²) in [7, 11) is 1.62. The van der Waals surface area contributed by atoms with Gasteiger partial charge >= 0.3 is 5.97 Å². The third-order valence-corrected chi connectivity index (χ3v) is 5.56. The fraction of sp³-hybridized carbons (Fsp3) is 0.478. The van der Waals surface area contributed by atoms with Crippen molar-refractivity contribution in [2.45, 2.75) is 40.5 Å². The van der Waals surface area contributed by atoms with Crippen molar-refractivity contribution in [1.82, 2.24) is 4.90 Å². The number of fused-ring (bicyclic) bond motifs is 1. The van der Waals surface area contributed by atoms with Crippen molar-refractivity contribution in [3.63, 3.8) is 0 Å². The van der Waals surface area contributed by atoms with Gasteiger partial charge in [-0.2, -0.15) is 0 Å². The topological polar surface area (TPSA) is 69.0 Å². The average molecular weight is 399 g/mol. The minimum Gasteiger partial charge on any atom is -0.496 e. The van der Waals surface area contributed by atoms with Gasteiger partial charge in [0.15, 0.2) is 0 Å². The molecule has 1 amide bonds. The van der Waals surface area contributed by atoms with E-state index in [1.165, 1.54) is 0 Å². The number of ether oxygens (including phenoxy) is 2. The molecule has 1 fully saturated rings. The second-order valence-corrected chi connectivity index (χ2v) is 7.58. The van der Waals surface area contributed by atoms with Gasteiger partial charge in [0.1, 0.15) is 11.3 Å². The zero-order chi connectivity index (χ0) is 21.1. The lowest BCUT2D eigenvalue weighted by atomic mass is 9.97. The lowest BCUT2D eigenvalue weighted by molar-refractivity contribution is -0.150. The molecule has 2 heterocycles. The van der Waals surface area contributed by atoms with Crippen molar-refractivity contribution >= 4 is 28.4 Å². The van der Waals surface area contributed by atoms with Gasteiger partial charge < -0.3 is 18.8 Å². The van der Waals surface area contributed by atoms with Crippen molar-refractivity contribution in [3.8, 4) is 5.75 Å². The van der Waals surface area contributed by atoms with E-state index in [9.17, 15) is 9.59 Å². The highest BCUT2D eigenvalue weighted by atomic mass is 16.5. The van der Waals surface area contributed by atoms with Crippen molar-refractivity contribution in [2.75, 3.05) is 26.8 Å². The Morgan fingerprint density at radius 2 is 2.10 bits per heavy atom. The van der Waals surface area contributed by atoms with Crippen LogP contribution in [-0.4, -0.2) is 43.6 Å². The number of carbonyl (C=O) groups is 2. The van der Waals surface area contributed by atoms with Gasteiger partial charge in [0, 0.05) is 35.7 Å². The Labute approximate surface area is 171 Å². The van der Waals surface area contributed by atoms with Crippen LogP contribution in [0.1, 0.15) is 43.4 Å². The number of allylic oxidation sites excluding steroid dienone is 1. The van der Waals surface area contributed by atoms with E-state index < -0.39 is 0 Å². The number of nitrogens with zero attached hydrogens (tertiary/aromatic N) is 1. The van der Waals surface area contributed by atoms with Crippen LogP contribution in [0.15, 0.2) is 22.8 Å². The number of likely N-dealkylation sites (tertiary alicyclic amines) is 1. The number of esters is 1. The van der Waals surface area contributed by atoms with E-state index in [1.54, 1.807) is 31.3 Å². The summed E-state index contributed by atoms with van der Waals surface area (Å²) >= 11 is 0. The minimum absolute atomic E-state index is 0.0970. The van der Waals surface area contributed by atoms with Crippen LogP contribution in [0, 0.1) is 19.8 Å². The Morgan fingerprint density at radius 1 is 1.34 bits per heavy atom. The zero-order valence-electron chi connectivity index (χ0n) is 17.8. The standard InChI is InChI=1S/C23H29NO5/c1-6-28-23(26)17-8-7-9-24(12-17)20(25)10-14(2)18-11-19-15(3)13-29-22(19)16(4)21(18)27-5/h10-11,13,17H,6-9,12H2,1-5H3/b14-10+. The normalized spacial score (nSPS) is 17.5. The molecule has 1 saturated heterocycles. The zero-order valence-corrected chi connectivity index (χ0v) is 17.8. The number of methoxy groups -OCH3 is 1. The molecular weight excluding hydrogens is 370 g/mol. The third kappa shape index (κ3) is 4.16. The van der Waals surface area contributed by atoms with Gasteiger partial charge in [-0.05, 0) is 57.7 Å². The minimum atomic E-state index is -0.247. The predicted octanol–water partition coefficient (Wildman–Crippen LogP) is 4.26. The molecule has 1 aromatic carbocycles. The largest absolute Gasteiger partial charge is 0.496 e. The molecule has 2 aromatic rings. The molecule has 6 heteroatoms. The Kier molecular flexibility index (Phi) is 6.30. The molecule has 0 N–H and O–H groups in total. The first-order valence-electron chi connectivity index (χ1n) is 10.1. The number of benzene rings is 1. The number of hydrogen-bond donors (Lipinski definition) is 0. The number of rotatable bonds is 5. The van der Waals surface area contributed by atoms with E-state index in [0.29, 0.717) is 25.4 Å². The number of furan rings is 1. The van der Waals surface area contributed by atoms with E-state index in [-0.39, 0.29) is 17.8 Å². The molecule has 3 rings (SSSR count). The Morgan fingerprint density at radius 3 is 2.79 bits per heavy atom. The maximum Gasteiger partial charge on any atom is 0.310 e. The summed E-state index contributed by atoms with van der Waals surface area (Å²) in [6, 6.07) is 2.01. The predicted molar refractivity (Wildman–Crippen MR) is 112 cm³/mol. The molecular formula is C23H29NO5. The van der Waals surface area contributed by atoms with E-state index in [4.69, 9.17) is 13.9 Å². The van der Waals surface area contributed by atoms with E-state index in [0.717, 1.165) is 46.1 Å². The van der Waals surface area contributed by atoms with Crippen molar-refractivity contribution < 1.29 is 23.5 Å². The second-order valence-electron chi connectivity index (χ2n) is 7.58. The van der Waals surface area contributed by atoms with Gasteiger partial charge in [0.25, 0.3) is 0 Å². The van der Waals surface area contributed by atoms with Crippen LogP contribution >= 0.6 is 0 Å². The van der Waals surface area contributed by atoms with Crippen molar-refractivity contribution in [1.29, 1.82) is 0 Å². The molecule has 1 aromatic heterocycles. The van der Waals surface area contributed by atoms with E-state index in [2.05, 4.69) is 0 Å². The Balaban J connectivity index is 1.87. The van der Waals surface area contributed by atoms with Gasteiger partial charge in [-0.1, -0.05) is 0 Å². The molecule has 1 aliphatic heterocycles. The van der Waals surface area contributed by atoms with Gasteiger partial charge in [-0.25, -0.2) is 0 Å². The molecule has 29 heavy (non-hydrogen) atoms. The smallest absolute Gasteiger partial charge is 0.310 e. The SMILES string of the molecule is CCOC(=O)C1CCCN(C(=O)/C=C(\C)c2cc3c(C)coc3c(C)c2OC)C1. The number of hydrogen-bond acceptors (Lipinski definition) is 5. The first-order valence-corrected chi connectivity index (χ1v) is 10.1. The molecule has 1 aliphatic rings. The van der Waals surface area contributed by atoms with Crippen molar-refractivity contribution in [3.05, 3.63) is 35.1 Å². The lowest BCUT2D eigenvalue weighted by Gasteiger charge is -2.31. The molecule has 0 spiro atoms. The fourth-order valence-electron chi connectivity index (χ4n) is 3.98. The van der Waals surface area contributed by atoms with Crippen LogP contribution in [0.5, 0.6) is 5.75 Å². The second kappa shape index (κ2) is 8.72. The molecule has 6 nitrogen and oxygen atoms in total. The molecule has 0 radical (unpaired) electrons. The summed E-state index contributed by atoms with van der Waals surface area (Å²) < 4.78 is 16.4. The van der Waals surface area contributed by atoms with Crippen LogP contribution in [-0.2, 0) is 14.3 Å². The summed E-state index contributed by atoms with van der Waals surface area (Å²) in [5.74, 6) is 0.142. The average Bonchev–Trinajstić information content (AvgIpc) is 3.09. The molecule has 1 unspecified atom stereocenters. The lowest BCUT2D eigenvalue weighted by Crippen LogP contribution is -2.42. The maximum absolute atomic E-state index is 12.9. The Hall–Kier alpha value is -2.76. The summed E-state index contributed by atoms with van der Waals surface area (Å²) in [4.78, 5) is 26.7. The number of aryl methyl sites for hydroxylation is 2. The van der Waals surface area contributed by atoms with Gasteiger partial charge in [-0.3, -0.25) is 9.59 Å². The van der Waals surface area contributed by atoms with Gasteiger partial charge in [0.2, 0.25) is 5.91 Å². The monoisotopic (exact) mass is 399 g/mol. The molecule has 1 atom stereocenters. The molecule has 0 aliphatic carbocycles. The highest BCUT2D eigenvalue weighted by Gasteiger charge is 2.29. The van der Waals surface area contributed by atoms with Crippen LogP contribution in [0.2, 0.25) is 0 Å². The van der Waals surface area contributed by atoms with Crippen molar-refractivity contribution in [2.24, 2.45) is 5.92 Å². The van der Waals surface area contributed by atoms with E-state index >= 15 is 0 Å². The molecule has 0 saturated carbocycles. The summed E-state index contributed by atoms with van der Waals surface area (Å²) in [5, 5.41) is 1.01. The summed E-state index contributed by atoms with van der Waals surface area (Å²) in [6.45, 7) is 9.06. The van der Waals surface area contributed by atoms with Gasteiger partial charge in [-0.15, -0.1) is 0 Å². The quantitative estimate of drug-likeness (QED) is 0.555. The number of piperidine rings is 1. The first-order chi connectivity index (χ1) is 13.9. The Bertz CT molecular complexity index is 956. The molecule has 156 valence electrons. The highest BCUT2D eigenvalue weighted by Crippen LogP contribution is 2.37. The third-order valence-electron chi connectivity index (χ3n) is 5.56. The highest BCUT2D eigenvalue weighted by molar-refractivity contribution is 5.98. The fourth-order valence-corrected chi connectivity index (χ4v) is 3.98. The first kappa shape index (κ1) is 21.0. The van der Waals surface area contributed by atoms with Crippen LogP contribution in [0.25, 0.3) is 16.5 Å². The van der Waals surface area contributed by atoms with E-state index in [1.807, 2.05) is 26.8 Å². The maximum atomic E-state index is 12.9. The van der Waals surface area contributed by atoms with Crippen LogP contribution in [0.3, 0.4) is 0 Å². The summed E-state index contributed by atoms with van der Waals surface area (Å²) in [6.07, 6.45) is 4.92. The van der Waals surface area contributed by atoms with Crippen LogP contribution < -0.4 is 4.74 Å². The van der Waals surface area contributed by atoms with Crippen LogP contribution in [0.4, 0.5) is 0 Å². The number of amides is 1. The summed E-state index contributed by atoms with van der Waals surface area (Å²) in [5.41, 5.74) is 4.44.